The highest BCUT2D eigenvalue weighted by Crippen LogP contribution is 2.40. The molecule has 1 aliphatic rings. The minimum Gasteiger partial charge on any atom is -0.486 e. The Balaban J connectivity index is 1.82. The maximum atomic E-state index is 11.9. The number of fused-ring (bicyclic) bond motifs is 1. The van der Waals surface area contributed by atoms with Gasteiger partial charge in [0.15, 0.2) is 11.5 Å². The van der Waals surface area contributed by atoms with Crippen LogP contribution in [0.5, 0.6) is 17.2 Å². The maximum absolute atomic E-state index is 11.9. The molecule has 1 heterocycles. The third-order valence-corrected chi connectivity index (χ3v) is 4.75. The maximum Gasteiger partial charge on any atom is 0.407 e. The van der Waals surface area contributed by atoms with E-state index in [0.717, 1.165) is 5.56 Å². The van der Waals surface area contributed by atoms with Crippen LogP contribution in [-0.2, 0) is 6.54 Å². The predicted octanol–water partition coefficient (Wildman–Crippen LogP) is 4.01. The first-order valence-electron chi connectivity index (χ1n) is 9.61. The zero-order chi connectivity index (χ0) is 21.0. The minimum absolute atomic E-state index is 0.193. The molecule has 0 bridgehead atoms. The molecule has 2 aromatic rings. The lowest BCUT2D eigenvalue weighted by Crippen LogP contribution is -2.45. The Morgan fingerprint density at radius 3 is 2.62 bits per heavy atom. The van der Waals surface area contributed by atoms with Crippen molar-refractivity contribution in [3.8, 4) is 17.2 Å². The smallest absolute Gasteiger partial charge is 0.407 e. The zero-order valence-corrected chi connectivity index (χ0v) is 17.1. The molecular formula is C22H28N2O5. The average molecular weight is 400 g/mol. The molecule has 1 amide bonds. The van der Waals surface area contributed by atoms with Crippen molar-refractivity contribution in [1.82, 2.24) is 4.90 Å². The molecule has 1 unspecified atom stereocenters. The molecule has 0 radical (unpaired) electrons. The van der Waals surface area contributed by atoms with Crippen LogP contribution >= 0.6 is 0 Å². The van der Waals surface area contributed by atoms with Crippen molar-refractivity contribution in [1.29, 1.82) is 0 Å². The second-order valence-corrected chi connectivity index (χ2v) is 8.16. The van der Waals surface area contributed by atoms with E-state index in [1.54, 1.807) is 12.1 Å². The Kier molecular flexibility index (Phi) is 6.06. The van der Waals surface area contributed by atoms with Crippen LogP contribution in [0.25, 0.3) is 0 Å². The van der Waals surface area contributed by atoms with Gasteiger partial charge in [-0.2, -0.15) is 0 Å². The number of benzene rings is 2. The van der Waals surface area contributed by atoms with Crippen LogP contribution in [0.4, 0.5) is 10.5 Å². The number of ether oxygens (including phenoxy) is 3. The van der Waals surface area contributed by atoms with E-state index in [9.17, 15) is 9.90 Å². The topological polar surface area (TPSA) is 94.3 Å². The average Bonchev–Trinajstić information content (AvgIpc) is 2.66. The molecule has 0 spiro atoms. The van der Waals surface area contributed by atoms with Crippen LogP contribution in [-0.4, -0.2) is 42.0 Å². The molecule has 156 valence electrons. The van der Waals surface area contributed by atoms with Gasteiger partial charge in [0.2, 0.25) is 5.75 Å². The number of hydrogen-bond acceptors (Lipinski definition) is 5. The Morgan fingerprint density at radius 2 is 1.93 bits per heavy atom. The first kappa shape index (κ1) is 20.6. The number of carboxylic acid groups (broad SMARTS) is 1. The number of rotatable bonds is 6. The molecule has 0 fully saturated rings. The summed E-state index contributed by atoms with van der Waals surface area (Å²) in [6, 6.07) is 12.7. The van der Waals surface area contributed by atoms with Gasteiger partial charge in [0, 0.05) is 17.6 Å². The molecule has 29 heavy (non-hydrogen) atoms. The van der Waals surface area contributed by atoms with E-state index >= 15 is 0 Å². The fourth-order valence-corrected chi connectivity index (χ4v) is 3.10. The quantitative estimate of drug-likeness (QED) is 0.712. The summed E-state index contributed by atoms with van der Waals surface area (Å²) in [6.07, 6.45) is -1.42. The fraction of sp³-hybridized carbons (Fsp3) is 0.409. The normalized spacial score (nSPS) is 14.2. The van der Waals surface area contributed by atoms with E-state index < -0.39 is 12.2 Å². The van der Waals surface area contributed by atoms with Gasteiger partial charge >= 0.3 is 6.09 Å². The second-order valence-electron chi connectivity index (χ2n) is 8.16. The van der Waals surface area contributed by atoms with Crippen LogP contribution in [0.15, 0.2) is 42.5 Å². The van der Waals surface area contributed by atoms with Crippen molar-refractivity contribution >= 4 is 11.8 Å². The third kappa shape index (κ3) is 5.25. The van der Waals surface area contributed by atoms with Crippen molar-refractivity contribution in [2.45, 2.75) is 33.4 Å². The van der Waals surface area contributed by atoms with Crippen LogP contribution < -0.4 is 19.9 Å². The number of nitrogens with zero attached hydrogens (tertiary/aromatic N) is 1. The first-order valence-corrected chi connectivity index (χ1v) is 9.61. The Morgan fingerprint density at radius 1 is 1.21 bits per heavy atom. The van der Waals surface area contributed by atoms with Crippen molar-refractivity contribution in [3.63, 3.8) is 0 Å². The lowest BCUT2D eigenvalue weighted by molar-refractivity contribution is 0.0417. The van der Waals surface area contributed by atoms with E-state index in [-0.39, 0.29) is 18.5 Å². The third-order valence-electron chi connectivity index (χ3n) is 4.75. The monoisotopic (exact) mass is 400 g/mol. The van der Waals surface area contributed by atoms with Gasteiger partial charge in [0.25, 0.3) is 0 Å². The molecule has 2 aromatic carbocycles. The van der Waals surface area contributed by atoms with Gasteiger partial charge in [-0.15, -0.1) is 0 Å². The second kappa shape index (κ2) is 8.51. The number of nitrogen functional groups attached to an aromatic ring is 1. The summed E-state index contributed by atoms with van der Waals surface area (Å²) in [5.74, 6) is 1.75. The Hall–Kier alpha value is -3.09. The first-order chi connectivity index (χ1) is 13.7. The summed E-state index contributed by atoms with van der Waals surface area (Å²) >= 11 is 0. The fourth-order valence-electron chi connectivity index (χ4n) is 3.10. The molecule has 0 aromatic heterocycles. The summed E-state index contributed by atoms with van der Waals surface area (Å²) in [5, 5.41) is 9.77. The molecule has 1 atom stereocenters. The van der Waals surface area contributed by atoms with Crippen molar-refractivity contribution in [2.75, 3.05) is 25.5 Å². The van der Waals surface area contributed by atoms with E-state index in [2.05, 4.69) is 0 Å². The molecule has 3 N–H and O–H groups in total. The number of anilines is 1. The van der Waals surface area contributed by atoms with Gasteiger partial charge < -0.3 is 30.0 Å². The number of nitrogens with two attached hydrogens (primary N) is 1. The standard InChI is InChI=1S/C22H28N2O5/c1-22(2,3)19(29-18-9-5-8-17-20(18)28-11-10-27-17)14-24(21(25)26)13-15-6-4-7-16(23)12-15/h4-9,12,19H,10-11,13-14,23H2,1-3H3,(H,25,26). The molecule has 0 saturated heterocycles. The van der Waals surface area contributed by atoms with Gasteiger partial charge in [-0.05, 0) is 29.8 Å². The highest BCUT2D eigenvalue weighted by Gasteiger charge is 2.32. The zero-order valence-electron chi connectivity index (χ0n) is 17.1. The van der Waals surface area contributed by atoms with E-state index in [0.29, 0.717) is 36.1 Å². The van der Waals surface area contributed by atoms with Crippen LogP contribution in [0.3, 0.4) is 0 Å². The number of amides is 1. The van der Waals surface area contributed by atoms with E-state index in [4.69, 9.17) is 19.9 Å². The lowest BCUT2D eigenvalue weighted by atomic mass is 9.88. The molecular weight excluding hydrogens is 372 g/mol. The molecule has 7 heteroatoms. The Labute approximate surface area is 171 Å². The Bertz CT molecular complexity index is 863. The molecule has 7 nitrogen and oxygen atoms in total. The molecule has 3 rings (SSSR count). The van der Waals surface area contributed by atoms with Crippen LogP contribution in [0.1, 0.15) is 26.3 Å². The highest BCUT2D eigenvalue weighted by molar-refractivity contribution is 5.65. The van der Waals surface area contributed by atoms with E-state index in [1.165, 1.54) is 4.90 Å². The van der Waals surface area contributed by atoms with Gasteiger partial charge in [-0.3, -0.25) is 0 Å². The summed E-state index contributed by atoms with van der Waals surface area (Å²) in [6.45, 7) is 7.41. The molecule has 0 saturated carbocycles. The summed E-state index contributed by atoms with van der Waals surface area (Å²) in [7, 11) is 0. The van der Waals surface area contributed by atoms with Crippen LogP contribution in [0, 0.1) is 5.41 Å². The van der Waals surface area contributed by atoms with Crippen molar-refractivity contribution in [3.05, 3.63) is 48.0 Å². The summed E-state index contributed by atoms with van der Waals surface area (Å²) in [5.41, 5.74) is 6.94. The minimum atomic E-state index is -1.01. The van der Waals surface area contributed by atoms with Gasteiger partial charge in [0.05, 0.1) is 6.54 Å². The lowest BCUT2D eigenvalue weighted by Gasteiger charge is -2.35. The summed E-state index contributed by atoms with van der Waals surface area (Å²) in [4.78, 5) is 13.3. The van der Waals surface area contributed by atoms with Gasteiger partial charge in [-0.1, -0.05) is 39.0 Å². The predicted molar refractivity (Wildman–Crippen MR) is 111 cm³/mol. The van der Waals surface area contributed by atoms with Crippen molar-refractivity contribution in [2.24, 2.45) is 5.41 Å². The van der Waals surface area contributed by atoms with Crippen LogP contribution in [0.2, 0.25) is 0 Å². The van der Waals surface area contributed by atoms with Gasteiger partial charge in [-0.25, -0.2) is 4.79 Å². The largest absolute Gasteiger partial charge is 0.486 e. The number of hydrogen-bond donors (Lipinski definition) is 2. The van der Waals surface area contributed by atoms with E-state index in [1.807, 2.05) is 51.1 Å². The SMILES string of the molecule is CC(C)(C)C(CN(Cc1cccc(N)c1)C(=O)O)Oc1cccc2c1OCCO2. The molecule has 0 aliphatic carbocycles. The van der Waals surface area contributed by atoms with Crippen molar-refractivity contribution < 1.29 is 24.1 Å². The highest BCUT2D eigenvalue weighted by atomic mass is 16.6. The number of para-hydroxylation sites is 1. The van der Waals surface area contributed by atoms with Gasteiger partial charge in [0.1, 0.15) is 19.3 Å². The summed E-state index contributed by atoms with van der Waals surface area (Å²) < 4.78 is 17.6. The molecule has 1 aliphatic heterocycles. The number of carbonyl (C=O) groups is 1.